The molecule has 0 bridgehead atoms. The maximum absolute atomic E-state index is 4.63. The Balaban J connectivity index is 2.17. The maximum Gasteiger partial charge on any atom is 0.140 e. The van der Waals surface area contributed by atoms with Crippen molar-refractivity contribution in [2.75, 3.05) is 30.4 Å². The van der Waals surface area contributed by atoms with Gasteiger partial charge < -0.3 is 10.2 Å². The summed E-state index contributed by atoms with van der Waals surface area (Å²) < 4.78 is 0. The largest absolute Gasteiger partial charge is 0.388 e. The number of hydrogen-bond donors (Lipinski definition) is 1. The predicted molar refractivity (Wildman–Crippen MR) is 75.3 cm³/mol. The van der Waals surface area contributed by atoms with Crippen LogP contribution in [0.1, 0.15) is 18.7 Å². The molecular formula is C14H18N4. The first-order valence-electron chi connectivity index (χ1n) is 6.49. The van der Waals surface area contributed by atoms with E-state index in [0.717, 1.165) is 41.3 Å². The van der Waals surface area contributed by atoms with Gasteiger partial charge in [-0.25, -0.2) is 9.97 Å². The highest BCUT2D eigenvalue weighted by molar-refractivity contribution is 5.91. The number of nitrogens with zero attached hydrogens (tertiary/aromatic N) is 3. The second-order valence-corrected chi connectivity index (χ2v) is 4.77. The van der Waals surface area contributed by atoms with E-state index in [1.54, 1.807) is 0 Å². The van der Waals surface area contributed by atoms with E-state index in [0.29, 0.717) is 0 Å². The van der Waals surface area contributed by atoms with Crippen molar-refractivity contribution in [3.05, 3.63) is 24.0 Å². The average molecular weight is 242 g/mol. The zero-order valence-corrected chi connectivity index (χ0v) is 10.9. The van der Waals surface area contributed by atoms with E-state index in [1.165, 1.54) is 12.8 Å². The molecule has 18 heavy (non-hydrogen) atoms. The number of nitrogens with one attached hydrogen (secondary N) is 1. The van der Waals surface area contributed by atoms with Gasteiger partial charge in [-0.1, -0.05) is 0 Å². The van der Waals surface area contributed by atoms with Crippen molar-refractivity contribution in [1.82, 2.24) is 9.97 Å². The molecule has 1 aromatic heterocycles. The molecule has 0 saturated carbocycles. The fourth-order valence-electron chi connectivity index (χ4n) is 2.55. The van der Waals surface area contributed by atoms with Crippen molar-refractivity contribution in [2.24, 2.45) is 0 Å². The van der Waals surface area contributed by atoms with E-state index >= 15 is 0 Å². The van der Waals surface area contributed by atoms with E-state index in [1.807, 2.05) is 14.0 Å². The lowest BCUT2D eigenvalue weighted by molar-refractivity contribution is 0.925. The summed E-state index contributed by atoms with van der Waals surface area (Å²) in [6, 6.07) is 6.29. The van der Waals surface area contributed by atoms with Gasteiger partial charge in [0.15, 0.2) is 0 Å². The molecule has 0 unspecified atom stereocenters. The van der Waals surface area contributed by atoms with Crippen LogP contribution in [0.3, 0.4) is 0 Å². The van der Waals surface area contributed by atoms with Crippen LogP contribution in [-0.2, 0) is 0 Å². The Labute approximate surface area is 107 Å². The molecule has 0 aliphatic carbocycles. The van der Waals surface area contributed by atoms with Crippen molar-refractivity contribution in [2.45, 2.75) is 19.8 Å². The van der Waals surface area contributed by atoms with E-state index in [2.05, 4.69) is 38.4 Å². The first-order valence-corrected chi connectivity index (χ1v) is 6.49. The van der Waals surface area contributed by atoms with Gasteiger partial charge >= 0.3 is 0 Å². The summed E-state index contributed by atoms with van der Waals surface area (Å²) in [5, 5.41) is 4.31. The van der Waals surface area contributed by atoms with Crippen LogP contribution in [0.5, 0.6) is 0 Å². The molecule has 0 spiro atoms. The normalized spacial score (nSPS) is 15.3. The van der Waals surface area contributed by atoms with Gasteiger partial charge in [-0.2, -0.15) is 0 Å². The Hall–Kier alpha value is -1.84. The fourth-order valence-corrected chi connectivity index (χ4v) is 2.55. The van der Waals surface area contributed by atoms with E-state index in [-0.39, 0.29) is 0 Å². The highest BCUT2D eigenvalue weighted by Gasteiger charge is 2.17. The summed E-state index contributed by atoms with van der Waals surface area (Å²) in [5.41, 5.74) is 2.12. The zero-order chi connectivity index (χ0) is 12.5. The molecule has 1 aliphatic heterocycles. The van der Waals surface area contributed by atoms with Gasteiger partial charge in [0.1, 0.15) is 11.6 Å². The van der Waals surface area contributed by atoms with Gasteiger partial charge in [0.2, 0.25) is 0 Å². The molecular weight excluding hydrogens is 224 g/mol. The molecule has 3 rings (SSSR count). The van der Waals surface area contributed by atoms with E-state index in [4.69, 9.17) is 0 Å². The van der Waals surface area contributed by atoms with E-state index < -0.39 is 0 Å². The van der Waals surface area contributed by atoms with Crippen molar-refractivity contribution in [1.29, 1.82) is 0 Å². The lowest BCUT2D eigenvalue weighted by atomic mass is 10.2. The van der Waals surface area contributed by atoms with Crippen molar-refractivity contribution in [3.8, 4) is 0 Å². The summed E-state index contributed by atoms with van der Waals surface area (Å²) in [6.07, 6.45) is 2.53. The van der Waals surface area contributed by atoms with Crippen LogP contribution >= 0.6 is 0 Å². The molecule has 1 saturated heterocycles. The maximum atomic E-state index is 4.63. The lowest BCUT2D eigenvalue weighted by Gasteiger charge is -2.19. The Morgan fingerprint density at radius 1 is 1.17 bits per heavy atom. The fraction of sp³-hybridized carbons (Fsp3) is 0.429. The SMILES string of the molecule is CNc1ccc2c(N3CCCC3)nc(C)nc2c1. The smallest absolute Gasteiger partial charge is 0.140 e. The molecule has 94 valence electrons. The molecule has 2 heterocycles. The minimum absolute atomic E-state index is 0.845. The van der Waals surface area contributed by atoms with Gasteiger partial charge in [0.25, 0.3) is 0 Å². The molecule has 0 amide bonds. The third-order valence-corrected chi connectivity index (χ3v) is 3.48. The first kappa shape index (κ1) is 11.3. The molecule has 4 heteroatoms. The zero-order valence-electron chi connectivity index (χ0n) is 10.9. The van der Waals surface area contributed by atoms with Crippen LogP contribution in [0.4, 0.5) is 11.5 Å². The third-order valence-electron chi connectivity index (χ3n) is 3.48. The monoisotopic (exact) mass is 242 g/mol. The van der Waals surface area contributed by atoms with Gasteiger partial charge in [0, 0.05) is 31.2 Å². The third kappa shape index (κ3) is 1.88. The number of rotatable bonds is 2. The molecule has 1 N–H and O–H groups in total. The topological polar surface area (TPSA) is 41.0 Å². The number of aromatic nitrogens is 2. The van der Waals surface area contributed by atoms with Crippen LogP contribution in [0, 0.1) is 6.92 Å². The number of hydrogen-bond acceptors (Lipinski definition) is 4. The average Bonchev–Trinajstić information content (AvgIpc) is 2.90. The van der Waals surface area contributed by atoms with Crippen LogP contribution in [0.2, 0.25) is 0 Å². The summed E-state index contributed by atoms with van der Waals surface area (Å²) >= 11 is 0. The molecule has 2 aromatic rings. The number of benzene rings is 1. The second kappa shape index (κ2) is 4.44. The predicted octanol–water partition coefficient (Wildman–Crippen LogP) is 2.58. The summed E-state index contributed by atoms with van der Waals surface area (Å²) in [5.74, 6) is 1.94. The van der Waals surface area contributed by atoms with Crippen LogP contribution in [0.25, 0.3) is 10.9 Å². The van der Waals surface area contributed by atoms with Gasteiger partial charge in [0.05, 0.1) is 5.52 Å². The van der Waals surface area contributed by atoms with E-state index in [9.17, 15) is 0 Å². The Bertz CT molecular complexity index is 573. The Kier molecular flexibility index (Phi) is 2.78. The number of anilines is 2. The summed E-state index contributed by atoms with van der Waals surface area (Å²) in [7, 11) is 1.93. The minimum Gasteiger partial charge on any atom is -0.388 e. The van der Waals surface area contributed by atoms with Crippen LogP contribution < -0.4 is 10.2 Å². The summed E-state index contributed by atoms with van der Waals surface area (Å²) in [4.78, 5) is 11.5. The molecule has 4 nitrogen and oxygen atoms in total. The molecule has 0 atom stereocenters. The highest BCUT2D eigenvalue weighted by atomic mass is 15.2. The molecule has 1 aromatic carbocycles. The van der Waals surface area contributed by atoms with Crippen molar-refractivity contribution in [3.63, 3.8) is 0 Å². The summed E-state index contributed by atoms with van der Waals surface area (Å²) in [6.45, 7) is 4.18. The van der Waals surface area contributed by atoms with Gasteiger partial charge in [-0.15, -0.1) is 0 Å². The number of fused-ring (bicyclic) bond motifs is 1. The van der Waals surface area contributed by atoms with Crippen LogP contribution in [-0.4, -0.2) is 30.1 Å². The second-order valence-electron chi connectivity index (χ2n) is 4.77. The molecule has 1 aliphatic rings. The minimum atomic E-state index is 0.845. The van der Waals surface area contributed by atoms with Crippen LogP contribution in [0.15, 0.2) is 18.2 Å². The quantitative estimate of drug-likeness (QED) is 0.878. The van der Waals surface area contributed by atoms with Gasteiger partial charge in [-0.05, 0) is 38.0 Å². The highest BCUT2D eigenvalue weighted by Crippen LogP contribution is 2.28. The first-order chi connectivity index (χ1) is 8.78. The van der Waals surface area contributed by atoms with Crippen molar-refractivity contribution >= 4 is 22.4 Å². The van der Waals surface area contributed by atoms with Gasteiger partial charge in [-0.3, -0.25) is 0 Å². The Morgan fingerprint density at radius 3 is 2.67 bits per heavy atom. The molecule has 1 fully saturated rings. The van der Waals surface area contributed by atoms with Crippen molar-refractivity contribution < 1.29 is 0 Å². The molecule has 0 radical (unpaired) electrons. The standard InChI is InChI=1S/C14H18N4/c1-10-16-13-9-11(15-2)5-6-12(13)14(17-10)18-7-3-4-8-18/h5-6,9,15H,3-4,7-8H2,1-2H3. The lowest BCUT2D eigenvalue weighted by Crippen LogP contribution is -2.20. The number of aryl methyl sites for hydroxylation is 1. The Morgan fingerprint density at radius 2 is 1.94 bits per heavy atom.